The monoisotopic (exact) mass is 1010 g/mol. The molecular formula is C45H56F6N3O14P. The van der Waals surface area contributed by atoms with E-state index in [-0.39, 0.29) is 18.2 Å². The van der Waals surface area contributed by atoms with Gasteiger partial charge >= 0.3 is 50.2 Å². The number of hydrogen-bond acceptors (Lipinski definition) is 14. The third-order valence-electron chi connectivity index (χ3n) is 8.80. The Balaban J connectivity index is 0.000000723. The first-order chi connectivity index (χ1) is 31.8. The van der Waals surface area contributed by atoms with Crippen molar-refractivity contribution in [3.63, 3.8) is 0 Å². The fraction of sp³-hybridized carbons (Fsp3) is 0.444. The molecule has 0 aliphatic rings. The van der Waals surface area contributed by atoms with Gasteiger partial charge in [0, 0.05) is 14.2 Å². The van der Waals surface area contributed by atoms with Gasteiger partial charge in [-0.05, 0) is 89.4 Å². The maximum absolute atomic E-state index is 13.6. The zero-order chi connectivity index (χ0) is 52.6. The number of carbonyl (C=O) groups is 5. The molecule has 0 spiro atoms. The van der Waals surface area contributed by atoms with Crippen LogP contribution >= 0.6 is 7.60 Å². The Morgan fingerprint density at radius 2 is 1.16 bits per heavy atom. The lowest BCUT2D eigenvalue weighted by atomic mass is 9.89. The fourth-order valence-corrected chi connectivity index (χ4v) is 6.79. The summed E-state index contributed by atoms with van der Waals surface area (Å²) in [5.74, 6) is -3.66. The summed E-state index contributed by atoms with van der Waals surface area (Å²) in [4.78, 5) is 62.3. The van der Waals surface area contributed by atoms with Gasteiger partial charge < -0.3 is 42.8 Å². The normalized spacial score (nSPS) is 14.0. The molecule has 0 bridgehead atoms. The van der Waals surface area contributed by atoms with Crippen molar-refractivity contribution in [1.82, 2.24) is 16.0 Å². The summed E-state index contributed by atoms with van der Waals surface area (Å²) >= 11 is 0. The van der Waals surface area contributed by atoms with Crippen molar-refractivity contribution >= 4 is 37.8 Å². The van der Waals surface area contributed by atoms with Crippen LogP contribution in [0.1, 0.15) is 82.4 Å². The summed E-state index contributed by atoms with van der Waals surface area (Å²) in [6, 6.07) is 17.3. The van der Waals surface area contributed by atoms with Crippen LogP contribution in [0.5, 0.6) is 0 Å². The summed E-state index contributed by atoms with van der Waals surface area (Å²) in [5.41, 5.74) is -7.07. The van der Waals surface area contributed by atoms with Gasteiger partial charge in [-0.25, -0.2) is 24.0 Å². The summed E-state index contributed by atoms with van der Waals surface area (Å²) in [6.45, 7) is 9.93. The zero-order valence-electron chi connectivity index (χ0n) is 39.6. The molecule has 17 nitrogen and oxygen atoms in total. The molecule has 0 radical (unpaired) electrons. The molecule has 0 aromatic heterocycles. The number of alkyl halides is 6. The average Bonchev–Trinajstić information content (AvgIpc) is 3.27. The third kappa shape index (κ3) is 19.4. The van der Waals surface area contributed by atoms with E-state index < -0.39 is 108 Å². The Bertz CT molecular complexity index is 2250. The first-order valence-electron chi connectivity index (χ1n) is 20.4. The fourth-order valence-electron chi connectivity index (χ4n) is 5.60. The van der Waals surface area contributed by atoms with Crippen LogP contribution in [0.15, 0.2) is 90.6 Å². The van der Waals surface area contributed by atoms with Gasteiger partial charge in [0.05, 0.1) is 38.1 Å². The van der Waals surface area contributed by atoms with Crippen molar-refractivity contribution in [2.24, 2.45) is 0 Å². The molecule has 0 aliphatic carbocycles. The van der Waals surface area contributed by atoms with Crippen LogP contribution in [0.2, 0.25) is 0 Å². The first kappa shape index (κ1) is 59.0. The summed E-state index contributed by atoms with van der Waals surface area (Å²) < 4.78 is 134. The van der Waals surface area contributed by atoms with Crippen molar-refractivity contribution in [3.8, 4) is 0 Å². The standard InChI is InChI=1S/C35H36F6N2O7.C10H20NO7P/c1-22(24-16-26(34(36,37)38)18-27(17-24)35(39,40)41)49-21-33(25-14-10-7-11-15-25,43-31(46)48-20-23-12-8-6-9-13-23)19-28(29(44)47-5)42-30(45)50-32(2,3)4;1-10(2,3)18-9(13)11-7(8(12)15-4)19(14,16-5)17-6/h6-19,22H,20-21H2,1-5H3,(H,42,45)(H,43,46);7H,1-6H3,(H,11,13)/b28-19-;/t22-,33-;/m1./s1. The highest BCUT2D eigenvalue weighted by molar-refractivity contribution is 7.55. The van der Waals surface area contributed by atoms with Gasteiger partial charge in [0.2, 0.25) is 5.78 Å². The van der Waals surface area contributed by atoms with Gasteiger partial charge in [-0.3, -0.25) is 15.2 Å². The number of nitrogens with one attached hydrogen (secondary N) is 3. The molecule has 0 saturated heterocycles. The van der Waals surface area contributed by atoms with E-state index in [1.165, 1.54) is 19.1 Å². The Hall–Kier alpha value is -6.16. The highest BCUT2D eigenvalue weighted by Crippen LogP contribution is 2.51. The average molecular weight is 1010 g/mol. The lowest BCUT2D eigenvalue weighted by Crippen LogP contribution is -2.49. The summed E-state index contributed by atoms with van der Waals surface area (Å²) in [7, 11) is 0.421. The Morgan fingerprint density at radius 3 is 1.61 bits per heavy atom. The molecule has 3 rings (SSSR count). The van der Waals surface area contributed by atoms with Gasteiger partial charge in [0.25, 0.3) is 0 Å². The summed E-state index contributed by atoms with van der Waals surface area (Å²) in [6.07, 6.45) is -13.7. The predicted molar refractivity (Wildman–Crippen MR) is 235 cm³/mol. The van der Waals surface area contributed by atoms with Crippen molar-refractivity contribution in [3.05, 3.63) is 118 Å². The maximum atomic E-state index is 13.6. The van der Waals surface area contributed by atoms with Crippen LogP contribution in [0, 0.1) is 0 Å². The predicted octanol–water partition coefficient (Wildman–Crippen LogP) is 9.70. The van der Waals surface area contributed by atoms with Gasteiger partial charge in [-0.1, -0.05) is 60.7 Å². The van der Waals surface area contributed by atoms with Crippen LogP contribution in [0.3, 0.4) is 0 Å². The quantitative estimate of drug-likeness (QED) is 0.0401. The third-order valence-corrected chi connectivity index (χ3v) is 10.8. The van der Waals surface area contributed by atoms with E-state index in [0.29, 0.717) is 17.7 Å². The van der Waals surface area contributed by atoms with Gasteiger partial charge in [0.1, 0.15) is 29.0 Å². The maximum Gasteiger partial charge on any atom is 0.416 e. The van der Waals surface area contributed by atoms with E-state index in [0.717, 1.165) is 34.5 Å². The number of amides is 3. The Morgan fingerprint density at radius 1 is 0.667 bits per heavy atom. The SMILES string of the molecule is COC(=O)/C(=C/[C@](CO[C@H](C)c1cc(C(F)(F)F)cc(C(F)(F)F)c1)(NC(=O)OCc1ccccc1)c1ccccc1)NC(=O)OC(C)(C)C.COC(=O)C(NC(=O)OC(C)(C)C)P(=O)(OC)OC. The van der Waals surface area contributed by atoms with Gasteiger partial charge in [0.15, 0.2) is 0 Å². The van der Waals surface area contributed by atoms with Gasteiger partial charge in [-0.15, -0.1) is 0 Å². The molecule has 3 amide bonds. The molecule has 69 heavy (non-hydrogen) atoms. The topological polar surface area (TPSA) is 212 Å². The van der Waals surface area contributed by atoms with E-state index >= 15 is 0 Å². The molecule has 0 saturated carbocycles. The lowest BCUT2D eigenvalue weighted by molar-refractivity contribution is -0.143. The van der Waals surface area contributed by atoms with E-state index in [4.69, 9.17) is 23.7 Å². The van der Waals surface area contributed by atoms with E-state index in [1.807, 2.05) is 0 Å². The molecule has 1 unspecified atom stereocenters. The van der Waals surface area contributed by atoms with Crippen LogP contribution in [0.25, 0.3) is 0 Å². The molecule has 3 atom stereocenters. The van der Waals surface area contributed by atoms with Crippen LogP contribution in [0.4, 0.5) is 40.7 Å². The minimum atomic E-state index is -5.11. The molecule has 0 fully saturated rings. The second-order valence-corrected chi connectivity index (χ2v) is 18.8. The largest absolute Gasteiger partial charge is 0.467 e. The number of benzene rings is 3. The van der Waals surface area contributed by atoms with Crippen molar-refractivity contribution < 1.29 is 92.3 Å². The van der Waals surface area contributed by atoms with E-state index in [2.05, 4.69) is 29.7 Å². The van der Waals surface area contributed by atoms with Gasteiger partial charge in [-0.2, -0.15) is 26.3 Å². The number of carbonyl (C=O) groups excluding carboxylic acids is 5. The number of methoxy groups -OCH3 is 2. The smallest absolute Gasteiger partial charge is 0.416 e. The number of ether oxygens (including phenoxy) is 6. The summed E-state index contributed by atoms with van der Waals surface area (Å²) in [5, 5.41) is 7.00. The molecule has 0 aliphatic heterocycles. The number of halogens is 6. The Labute approximate surface area is 395 Å². The van der Waals surface area contributed by atoms with Crippen LogP contribution in [-0.4, -0.2) is 82.2 Å². The number of alkyl carbamates (subject to hydrolysis) is 3. The molecule has 24 heteroatoms. The van der Waals surface area contributed by atoms with E-state index in [1.54, 1.807) is 90.1 Å². The minimum Gasteiger partial charge on any atom is -0.467 e. The van der Waals surface area contributed by atoms with Crippen LogP contribution < -0.4 is 16.0 Å². The minimum absolute atomic E-state index is 0.0114. The van der Waals surface area contributed by atoms with Crippen LogP contribution in [-0.2, 0) is 76.1 Å². The van der Waals surface area contributed by atoms with E-state index in [9.17, 15) is 54.9 Å². The molecule has 3 N–H and O–H groups in total. The molecular weight excluding hydrogens is 951 g/mol. The molecule has 382 valence electrons. The number of esters is 2. The van der Waals surface area contributed by atoms with Crippen molar-refractivity contribution in [2.75, 3.05) is 35.0 Å². The molecule has 0 heterocycles. The second-order valence-electron chi connectivity index (χ2n) is 16.5. The van der Waals surface area contributed by atoms with Crippen molar-refractivity contribution in [2.45, 2.75) is 96.1 Å². The number of rotatable bonds is 16. The second kappa shape index (κ2) is 24.9. The Kier molecular flexibility index (Phi) is 21.3. The number of hydrogen-bond donors (Lipinski definition) is 3. The lowest BCUT2D eigenvalue weighted by Gasteiger charge is -2.34. The first-order valence-corrected chi connectivity index (χ1v) is 22.0. The molecule has 3 aromatic carbocycles. The highest BCUT2D eigenvalue weighted by Gasteiger charge is 2.44. The highest BCUT2D eigenvalue weighted by atomic mass is 31.2. The zero-order valence-corrected chi connectivity index (χ0v) is 40.5. The van der Waals surface area contributed by atoms with Crippen molar-refractivity contribution in [1.29, 1.82) is 0 Å². The molecule has 3 aromatic rings.